The molecule has 0 saturated heterocycles. The van der Waals surface area contributed by atoms with E-state index in [-0.39, 0.29) is 18.1 Å². The number of carbonyl (C=O) groups excluding carboxylic acids is 1. The Bertz CT molecular complexity index is 1000. The summed E-state index contributed by atoms with van der Waals surface area (Å²) in [5, 5.41) is 9.01. The molecule has 6 heteroatoms. The molecule has 0 aromatic heterocycles. The van der Waals surface area contributed by atoms with Gasteiger partial charge in [0.25, 0.3) is 0 Å². The smallest absolute Gasteiger partial charge is 0.425 e. The number of amides is 1. The highest BCUT2D eigenvalue weighted by atomic mass is 16.6. The predicted octanol–water partition coefficient (Wildman–Crippen LogP) is 4.25. The molecule has 0 spiro atoms. The zero-order valence-electron chi connectivity index (χ0n) is 14.9. The van der Waals surface area contributed by atoms with Crippen molar-refractivity contribution in [1.29, 1.82) is 0 Å². The number of benzene rings is 3. The number of hydrogen-bond acceptors (Lipinski definition) is 4. The van der Waals surface area contributed by atoms with Crippen LogP contribution >= 0.6 is 0 Å². The second-order valence-electron chi connectivity index (χ2n) is 6.46. The maximum absolute atomic E-state index is 12.1. The maximum Gasteiger partial charge on any atom is 0.425 e. The molecule has 1 aliphatic carbocycles. The lowest BCUT2D eigenvalue weighted by Gasteiger charge is -2.15. The van der Waals surface area contributed by atoms with Crippen LogP contribution in [0.3, 0.4) is 0 Å². The first-order chi connectivity index (χ1) is 13.6. The second-order valence-corrected chi connectivity index (χ2v) is 6.46. The van der Waals surface area contributed by atoms with E-state index in [0.717, 1.165) is 22.3 Å². The summed E-state index contributed by atoms with van der Waals surface area (Å²) in [6.45, 7) is 0.205. The Labute approximate surface area is 161 Å². The molecular weight excluding hydrogens is 356 g/mol. The fourth-order valence-electron chi connectivity index (χ4n) is 3.49. The monoisotopic (exact) mass is 374 g/mol. The van der Waals surface area contributed by atoms with Gasteiger partial charge in [-0.25, -0.2) is 15.0 Å². The Balaban J connectivity index is 1.40. The van der Waals surface area contributed by atoms with E-state index in [2.05, 4.69) is 35.1 Å². The van der Waals surface area contributed by atoms with Gasteiger partial charge in [-0.1, -0.05) is 54.6 Å². The van der Waals surface area contributed by atoms with Crippen LogP contribution in [0, 0.1) is 0 Å². The Morgan fingerprint density at radius 1 is 0.893 bits per heavy atom. The molecule has 0 radical (unpaired) electrons. The van der Waals surface area contributed by atoms with Gasteiger partial charge in [-0.2, -0.15) is 0 Å². The van der Waals surface area contributed by atoms with Gasteiger partial charge in [0, 0.05) is 5.92 Å². The Hall–Kier alpha value is -3.80. The number of carboxylic acid groups (broad SMARTS) is 1. The van der Waals surface area contributed by atoms with Crippen LogP contribution in [0.25, 0.3) is 11.1 Å². The zero-order valence-corrected chi connectivity index (χ0v) is 14.9. The molecule has 1 aliphatic rings. The fraction of sp³-hybridized carbons (Fsp3) is 0.0909. The summed E-state index contributed by atoms with van der Waals surface area (Å²) in [5.41, 5.74) is 10.3. The van der Waals surface area contributed by atoms with Gasteiger partial charge in [-0.15, -0.1) is 0 Å². The number of carboxylic acids is 1. The quantitative estimate of drug-likeness (QED) is 0.581. The average molecular weight is 374 g/mol. The first-order valence-corrected chi connectivity index (χ1v) is 8.84. The third kappa shape index (κ3) is 3.40. The predicted molar refractivity (Wildman–Crippen MR) is 105 cm³/mol. The van der Waals surface area contributed by atoms with Crippen LogP contribution in [0.5, 0.6) is 0 Å². The lowest BCUT2D eigenvalue weighted by atomic mass is 9.98. The number of ether oxygens (including phenoxy) is 1. The lowest BCUT2D eigenvalue weighted by molar-refractivity contribution is 0.0697. The number of hydrogen-bond donors (Lipinski definition) is 3. The lowest BCUT2D eigenvalue weighted by Crippen LogP contribution is -2.31. The summed E-state index contributed by atoms with van der Waals surface area (Å²) < 4.78 is 5.41. The van der Waals surface area contributed by atoms with E-state index in [0.29, 0.717) is 5.69 Å². The van der Waals surface area contributed by atoms with Crippen molar-refractivity contribution in [2.24, 2.45) is 0 Å². The van der Waals surface area contributed by atoms with Crippen molar-refractivity contribution in [2.45, 2.75) is 5.92 Å². The highest BCUT2D eigenvalue weighted by molar-refractivity contribution is 5.88. The van der Waals surface area contributed by atoms with Gasteiger partial charge in [0.15, 0.2) is 0 Å². The average Bonchev–Trinajstić information content (AvgIpc) is 3.05. The zero-order chi connectivity index (χ0) is 19.5. The van der Waals surface area contributed by atoms with E-state index in [1.807, 2.05) is 24.3 Å². The van der Waals surface area contributed by atoms with Crippen LogP contribution in [0.1, 0.15) is 27.4 Å². The van der Waals surface area contributed by atoms with Gasteiger partial charge < -0.3 is 9.84 Å². The molecule has 0 fully saturated rings. The molecule has 4 rings (SSSR count). The molecular formula is C22H18N2O4. The number of nitrogens with one attached hydrogen (secondary N) is 2. The molecule has 0 bridgehead atoms. The van der Waals surface area contributed by atoms with Crippen LogP contribution in [0.4, 0.5) is 10.5 Å². The van der Waals surface area contributed by atoms with Gasteiger partial charge in [0.1, 0.15) is 6.61 Å². The molecule has 0 atom stereocenters. The van der Waals surface area contributed by atoms with Crippen molar-refractivity contribution in [3.05, 3.63) is 89.5 Å². The first-order valence-electron chi connectivity index (χ1n) is 8.84. The Morgan fingerprint density at radius 3 is 2.18 bits per heavy atom. The van der Waals surface area contributed by atoms with Gasteiger partial charge in [-0.3, -0.25) is 5.43 Å². The SMILES string of the molecule is O=C(NNc1cccc(C(=O)O)c1)OCC1c2ccccc2-c2ccccc21. The van der Waals surface area contributed by atoms with Gasteiger partial charge in [0.2, 0.25) is 0 Å². The van der Waals surface area contributed by atoms with Crippen LogP contribution in [-0.2, 0) is 4.74 Å². The van der Waals surface area contributed by atoms with Crippen molar-refractivity contribution in [3.63, 3.8) is 0 Å². The normalized spacial score (nSPS) is 12.0. The Kier molecular flexibility index (Phi) is 4.68. The summed E-state index contributed by atoms with van der Waals surface area (Å²) >= 11 is 0. The number of aromatic carboxylic acids is 1. The van der Waals surface area contributed by atoms with Crippen LogP contribution < -0.4 is 10.9 Å². The number of fused-ring (bicyclic) bond motifs is 3. The van der Waals surface area contributed by atoms with Gasteiger partial charge in [0.05, 0.1) is 11.3 Å². The highest BCUT2D eigenvalue weighted by Crippen LogP contribution is 2.44. The molecule has 0 saturated carbocycles. The third-order valence-electron chi connectivity index (χ3n) is 4.76. The topological polar surface area (TPSA) is 87.7 Å². The summed E-state index contributed by atoms with van der Waals surface area (Å²) in [7, 11) is 0. The number of rotatable bonds is 5. The summed E-state index contributed by atoms with van der Waals surface area (Å²) in [6.07, 6.45) is -0.636. The molecule has 0 unspecified atom stereocenters. The largest absolute Gasteiger partial charge is 0.478 e. The summed E-state index contributed by atoms with van der Waals surface area (Å²) in [5.74, 6) is -1.06. The van der Waals surface area contributed by atoms with E-state index in [1.165, 1.54) is 12.1 Å². The van der Waals surface area contributed by atoms with E-state index in [4.69, 9.17) is 9.84 Å². The fourth-order valence-corrected chi connectivity index (χ4v) is 3.49. The van der Waals surface area contributed by atoms with Gasteiger partial charge >= 0.3 is 12.1 Å². The van der Waals surface area contributed by atoms with Crippen LogP contribution in [0.2, 0.25) is 0 Å². The minimum Gasteiger partial charge on any atom is -0.478 e. The standard InChI is InChI=1S/C22H18N2O4/c25-21(26)14-6-5-7-15(12-14)23-24-22(27)28-13-20-18-10-3-1-8-16(18)17-9-2-4-11-19(17)20/h1-12,20,23H,13H2,(H,24,27)(H,25,26). The van der Waals surface area contributed by atoms with E-state index in [9.17, 15) is 9.59 Å². The second kappa shape index (κ2) is 7.44. The molecule has 28 heavy (non-hydrogen) atoms. The molecule has 140 valence electrons. The van der Waals surface area contributed by atoms with E-state index in [1.54, 1.807) is 12.1 Å². The van der Waals surface area contributed by atoms with Crippen molar-refractivity contribution < 1.29 is 19.4 Å². The van der Waals surface area contributed by atoms with Crippen LogP contribution in [0.15, 0.2) is 72.8 Å². The number of anilines is 1. The molecule has 3 aromatic carbocycles. The number of carbonyl (C=O) groups is 2. The molecule has 0 heterocycles. The van der Waals surface area contributed by atoms with E-state index < -0.39 is 12.1 Å². The minimum absolute atomic E-state index is 0.0199. The van der Waals surface area contributed by atoms with Crippen molar-refractivity contribution in [2.75, 3.05) is 12.0 Å². The summed E-state index contributed by atoms with van der Waals surface area (Å²) in [4.78, 5) is 23.1. The third-order valence-corrected chi connectivity index (χ3v) is 4.76. The minimum atomic E-state index is -1.04. The molecule has 6 nitrogen and oxygen atoms in total. The van der Waals surface area contributed by atoms with Gasteiger partial charge in [-0.05, 0) is 40.5 Å². The molecule has 0 aliphatic heterocycles. The molecule has 3 N–H and O–H groups in total. The molecule has 1 amide bonds. The van der Waals surface area contributed by atoms with E-state index >= 15 is 0 Å². The summed E-state index contributed by atoms with van der Waals surface area (Å²) in [6, 6.07) is 22.4. The van der Waals surface area contributed by atoms with Crippen molar-refractivity contribution in [1.82, 2.24) is 5.43 Å². The first kappa shape index (κ1) is 17.6. The highest BCUT2D eigenvalue weighted by Gasteiger charge is 2.28. The molecule has 3 aromatic rings. The number of hydrazine groups is 1. The maximum atomic E-state index is 12.1. The van der Waals surface area contributed by atoms with Crippen molar-refractivity contribution in [3.8, 4) is 11.1 Å². The van der Waals surface area contributed by atoms with Crippen molar-refractivity contribution >= 4 is 17.7 Å². The van der Waals surface area contributed by atoms with Crippen LogP contribution in [-0.4, -0.2) is 23.8 Å². The Morgan fingerprint density at radius 2 is 1.54 bits per heavy atom.